The minimum absolute atomic E-state index is 0.174. The van der Waals surface area contributed by atoms with Gasteiger partial charge >= 0.3 is 0 Å². The molecule has 0 spiro atoms. The first-order chi connectivity index (χ1) is 8.65. The number of nitrogens with two attached hydrogens (primary N) is 1. The van der Waals surface area contributed by atoms with Crippen LogP contribution in [0.2, 0.25) is 0 Å². The maximum absolute atomic E-state index is 11.7. The Morgan fingerprint density at radius 1 is 1.28 bits per heavy atom. The van der Waals surface area contributed by atoms with Crippen molar-refractivity contribution in [2.24, 2.45) is 5.73 Å². The van der Waals surface area contributed by atoms with Crippen LogP contribution in [0.4, 0.5) is 5.13 Å². The average Bonchev–Trinajstić information content (AvgIpc) is 2.78. The van der Waals surface area contributed by atoms with Crippen molar-refractivity contribution in [2.75, 3.05) is 5.32 Å². The summed E-state index contributed by atoms with van der Waals surface area (Å²) >= 11 is 1.06. The lowest BCUT2D eigenvalue weighted by molar-refractivity contribution is -0.115. The van der Waals surface area contributed by atoms with Crippen LogP contribution in [0.25, 0.3) is 0 Å². The summed E-state index contributed by atoms with van der Waals surface area (Å²) in [4.78, 5) is 26.8. The minimum Gasteiger partial charge on any atom is -0.365 e. The number of nitrogens with one attached hydrogen (secondary N) is 1. The summed E-state index contributed by atoms with van der Waals surface area (Å²) in [5, 5.41) is 3.01. The SMILES string of the molecule is NC(=O)c1cnc(NC(=O)Cc2ccccc2)s1. The van der Waals surface area contributed by atoms with Crippen LogP contribution >= 0.6 is 11.3 Å². The van der Waals surface area contributed by atoms with Crippen LogP contribution in [-0.2, 0) is 11.2 Å². The summed E-state index contributed by atoms with van der Waals surface area (Å²) in [5.41, 5.74) is 6.02. The highest BCUT2D eigenvalue weighted by atomic mass is 32.1. The van der Waals surface area contributed by atoms with E-state index in [0.29, 0.717) is 10.0 Å². The van der Waals surface area contributed by atoms with Crippen LogP contribution in [0.15, 0.2) is 36.5 Å². The fourth-order valence-corrected chi connectivity index (χ4v) is 2.08. The lowest BCUT2D eigenvalue weighted by Gasteiger charge is -2.01. The van der Waals surface area contributed by atoms with Crippen molar-refractivity contribution in [1.29, 1.82) is 0 Å². The van der Waals surface area contributed by atoms with Gasteiger partial charge in [-0.1, -0.05) is 41.7 Å². The zero-order chi connectivity index (χ0) is 13.0. The second-order valence-corrected chi connectivity index (χ2v) is 4.64. The van der Waals surface area contributed by atoms with E-state index in [4.69, 9.17) is 5.73 Å². The first-order valence-electron chi connectivity index (χ1n) is 5.24. The molecular formula is C12H11N3O2S. The largest absolute Gasteiger partial charge is 0.365 e. The molecular weight excluding hydrogens is 250 g/mol. The van der Waals surface area contributed by atoms with Crippen molar-refractivity contribution in [3.05, 3.63) is 47.0 Å². The van der Waals surface area contributed by atoms with E-state index in [1.54, 1.807) is 0 Å². The molecule has 6 heteroatoms. The molecule has 2 amide bonds. The zero-order valence-corrected chi connectivity index (χ0v) is 10.2. The van der Waals surface area contributed by atoms with Gasteiger partial charge in [-0.05, 0) is 5.56 Å². The van der Waals surface area contributed by atoms with Crippen LogP contribution < -0.4 is 11.1 Å². The van der Waals surface area contributed by atoms with Gasteiger partial charge in [0.05, 0.1) is 12.6 Å². The molecule has 0 atom stereocenters. The molecule has 0 saturated heterocycles. The topological polar surface area (TPSA) is 85.1 Å². The van der Waals surface area contributed by atoms with Crippen molar-refractivity contribution in [3.8, 4) is 0 Å². The molecule has 0 fully saturated rings. The first-order valence-corrected chi connectivity index (χ1v) is 6.06. The number of carbonyl (C=O) groups excluding carboxylic acids is 2. The van der Waals surface area contributed by atoms with Gasteiger partial charge < -0.3 is 11.1 Å². The van der Waals surface area contributed by atoms with E-state index < -0.39 is 5.91 Å². The Balaban J connectivity index is 1.97. The predicted molar refractivity (Wildman–Crippen MR) is 69.4 cm³/mol. The van der Waals surface area contributed by atoms with E-state index in [-0.39, 0.29) is 12.3 Å². The van der Waals surface area contributed by atoms with Gasteiger partial charge in [-0.25, -0.2) is 4.98 Å². The molecule has 2 aromatic rings. The Labute approximate surface area is 108 Å². The van der Waals surface area contributed by atoms with Crippen LogP contribution in [0.5, 0.6) is 0 Å². The molecule has 5 nitrogen and oxygen atoms in total. The van der Waals surface area contributed by atoms with E-state index >= 15 is 0 Å². The van der Waals surface area contributed by atoms with E-state index in [2.05, 4.69) is 10.3 Å². The Morgan fingerprint density at radius 3 is 2.61 bits per heavy atom. The van der Waals surface area contributed by atoms with Crippen LogP contribution in [0, 0.1) is 0 Å². The van der Waals surface area contributed by atoms with Gasteiger partial charge in [0, 0.05) is 0 Å². The van der Waals surface area contributed by atoms with Gasteiger partial charge in [0.15, 0.2) is 5.13 Å². The Morgan fingerprint density at radius 2 is 2.00 bits per heavy atom. The highest BCUT2D eigenvalue weighted by Gasteiger charge is 2.09. The average molecular weight is 261 g/mol. The third-order valence-electron chi connectivity index (χ3n) is 2.20. The van der Waals surface area contributed by atoms with Crippen molar-refractivity contribution < 1.29 is 9.59 Å². The number of carbonyl (C=O) groups is 2. The molecule has 2 rings (SSSR count). The predicted octanol–water partition coefficient (Wildman–Crippen LogP) is 1.42. The molecule has 0 unspecified atom stereocenters. The number of rotatable bonds is 4. The molecule has 0 aliphatic carbocycles. The van der Waals surface area contributed by atoms with Gasteiger partial charge in [-0.15, -0.1) is 0 Å². The smallest absolute Gasteiger partial charge is 0.260 e. The monoisotopic (exact) mass is 261 g/mol. The molecule has 3 N–H and O–H groups in total. The number of hydrogen-bond acceptors (Lipinski definition) is 4. The van der Waals surface area contributed by atoms with Crippen molar-refractivity contribution in [1.82, 2.24) is 4.98 Å². The third kappa shape index (κ3) is 3.14. The molecule has 0 aliphatic heterocycles. The fraction of sp³-hybridized carbons (Fsp3) is 0.0833. The number of aromatic nitrogens is 1. The molecule has 0 radical (unpaired) electrons. The molecule has 0 bridgehead atoms. The maximum atomic E-state index is 11.7. The van der Waals surface area contributed by atoms with Crippen LogP contribution in [0.3, 0.4) is 0 Å². The summed E-state index contributed by atoms with van der Waals surface area (Å²) in [5.74, 6) is -0.720. The molecule has 92 valence electrons. The maximum Gasteiger partial charge on any atom is 0.260 e. The van der Waals surface area contributed by atoms with Gasteiger partial charge in [0.25, 0.3) is 5.91 Å². The molecule has 1 aromatic carbocycles. The number of amides is 2. The Hall–Kier alpha value is -2.21. The first kappa shape index (κ1) is 12.3. The summed E-state index contributed by atoms with van der Waals surface area (Å²) in [6, 6.07) is 9.38. The summed E-state index contributed by atoms with van der Waals surface area (Å²) in [7, 11) is 0. The van der Waals surface area contributed by atoms with E-state index in [9.17, 15) is 9.59 Å². The summed E-state index contributed by atoms with van der Waals surface area (Å²) in [6.07, 6.45) is 1.62. The highest BCUT2D eigenvalue weighted by molar-refractivity contribution is 7.17. The van der Waals surface area contributed by atoms with Crippen LogP contribution in [0.1, 0.15) is 15.2 Å². The summed E-state index contributed by atoms with van der Waals surface area (Å²) in [6.45, 7) is 0. The second kappa shape index (κ2) is 5.42. The minimum atomic E-state index is -0.545. The number of benzene rings is 1. The van der Waals surface area contributed by atoms with E-state index in [1.165, 1.54) is 6.20 Å². The number of nitrogens with zero attached hydrogens (tertiary/aromatic N) is 1. The normalized spacial score (nSPS) is 10.0. The van der Waals surface area contributed by atoms with Crippen molar-refractivity contribution in [3.63, 3.8) is 0 Å². The number of thiazole rings is 1. The third-order valence-corrected chi connectivity index (χ3v) is 3.13. The Bertz CT molecular complexity index is 566. The van der Waals surface area contributed by atoms with Crippen molar-refractivity contribution in [2.45, 2.75) is 6.42 Å². The van der Waals surface area contributed by atoms with Gasteiger partial charge in [0.1, 0.15) is 4.88 Å². The molecule has 1 aromatic heterocycles. The lowest BCUT2D eigenvalue weighted by Crippen LogP contribution is -2.14. The van der Waals surface area contributed by atoms with E-state index in [0.717, 1.165) is 16.9 Å². The molecule has 18 heavy (non-hydrogen) atoms. The van der Waals surface area contributed by atoms with Crippen molar-refractivity contribution >= 4 is 28.3 Å². The van der Waals surface area contributed by atoms with Gasteiger partial charge in [0.2, 0.25) is 5.91 Å². The number of anilines is 1. The van der Waals surface area contributed by atoms with Gasteiger partial charge in [-0.2, -0.15) is 0 Å². The zero-order valence-electron chi connectivity index (χ0n) is 9.42. The standard InChI is InChI=1S/C12H11N3O2S/c13-11(17)9-7-14-12(18-9)15-10(16)6-8-4-2-1-3-5-8/h1-5,7H,6H2,(H2,13,17)(H,14,15,16). The quantitative estimate of drug-likeness (QED) is 0.872. The Kier molecular flexibility index (Phi) is 3.69. The molecule has 0 aliphatic rings. The van der Waals surface area contributed by atoms with E-state index in [1.807, 2.05) is 30.3 Å². The molecule has 0 saturated carbocycles. The number of primary amides is 1. The van der Waals surface area contributed by atoms with Gasteiger partial charge in [-0.3, -0.25) is 9.59 Å². The lowest BCUT2D eigenvalue weighted by atomic mass is 10.1. The number of hydrogen-bond donors (Lipinski definition) is 2. The second-order valence-electron chi connectivity index (χ2n) is 3.60. The molecule has 1 heterocycles. The van der Waals surface area contributed by atoms with Crippen LogP contribution in [-0.4, -0.2) is 16.8 Å². The highest BCUT2D eigenvalue weighted by Crippen LogP contribution is 2.17. The fourth-order valence-electron chi connectivity index (χ4n) is 1.39. The summed E-state index contributed by atoms with van der Waals surface area (Å²) < 4.78 is 0.